The smallest absolute Gasteiger partial charge is 0.0491 e. The maximum atomic E-state index is 5.27. The van der Waals surface area contributed by atoms with Gasteiger partial charge in [0.05, 0.1) is 0 Å². The van der Waals surface area contributed by atoms with E-state index < -0.39 is 0 Å². The van der Waals surface area contributed by atoms with Gasteiger partial charge in [-0.05, 0) is 50.7 Å². The molecule has 0 saturated carbocycles. The van der Waals surface area contributed by atoms with Gasteiger partial charge in [0.15, 0.2) is 0 Å². The van der Waals surface area contributed by atoms with Crippen LogP contribution < -0.4 is 5.32 Å². The lowest BCUT2D eigenvalue weighted by atomic mass is 9.93. The molecule has 1 aliphatic rings. The number of likely N-dealkylation sites (tertiary alicyclic amines) is 1. The van der Waals surface area contributed by atoms with Gasteiger partial charge in [-0.1, -0.05) is 20.8 Å². The van der Waals surface area contributed by atoms with E-state index in [0.29, 0.717) is 6.04 Å². The summed E-state index contributed by atoms with van der Waals surface area (Å²) in [6, 6.07) is 0.694. The quantitative estimate of drug-likeness (QED) is 0.675. The molecular weight excluding hydrogens is 224 g/mol. The SMILES string of the molecule is CCCNCC(C(C)C)N1CCC(COC)CC1. The summed E-state index contributed by atoms with van der Waals surface area (Å²) < 4.78 is 5.27. The van der Waals surface area contributed by atoms with E-state index in [2.05, 4.69) is 31.0 Å². The molecule has 0 amide bonds. The lowest BCUT2D eigenvalue weighted by Gasteiger charge is -2.39. The van der Waals surface area contributed by atoms with Crippen molar-refractivity contribution < 1.29 is 4.74 Å². The molecule has 0 spiro atoms. The molecule has 18 heavy (non-hydrogen) atoms. The van der Waals surface area contributed by atoms with Crippen LogP contribution in [0.15, 0.2) is 0 Å². The van der Waals surface area contributed by atoms with Gasteiger partial charge in [-0.15, -0.1) is 0 Å². The predicted molar refractivity (Wildman–Crippen MR) is 78.0 cm³/mol. The number of nitrogens with zero attached hydrogens (tertiary/aromatic N) is 1. The number of hydrogen-bond acceptors (Lipinski definition) is 3. The number of rotatable bonds is 8. The first-order chi connectivity index (χ1) is 8.69. The molecular formula is C15H32N2O. The fourth-order valence-electron chi connectivity index (χ4n) is 2.90. The highest BCUT2D eigenvalue weighted by Crippen LogP contribution is 2.21. The standard InChI is InChI=1S/C15H32N2O/c1-5-8-16-11-15(13(2)3)17-9-6-14(7-10-17)12-18-4/h13-16H,5-12H2,1-4H3. The van der Waals surface area contributed by atoms with Gasteiger partial charge in [0, 0.05) is 26.3 Å². The van der Waals surface area contributed by atoms with Crippen molar-refractivity contribution in [3.05, 3.63) is 0 Å². The summed E-state index contributed by atoms with van der Waals surface area (Å²) in [5, 5.41) is 3.58. The Morgan fingerprint density at radius 2 is 1.94 bits per heavy atom. The van der Waals surface area contributed by atoms with E-state index in [1.807, 2.05) is 7.11 Å². The van der Waals surface area contributed by atoms with Crippen LogP contribution in [0.25, 0.3) is 0 Å². The Labute approximate surface area is 113 Å². The lowest BCUT2D eigenvalue weighted by molar-refractivity contribution is 0.0661. The van der Waals surface area contributed by atoms with Crippen molar-refractivity contribution >= 4 is 0 Å². The zero-order chi connectivity index (χ0) is 13.4. The molecule has 108 valence electrons. The van der Waals surface area contributed by atoms with Crippen LogP contribution >= 0.6 is 0 Å². The van der Waals surface area contributed by atoms with E-state index >= 15 is 0 Å². The molecule has 1 saturated heterocycles. The van der Waals surface area contributed by atoms with Crippen molar-refractivity contribution in [2.75, 3.05) is 39.9 Å². The van der Waals surface area contributed by atoms with Crippen molar-refractivity contribution in [3.63, 3.8) is 0 Å². The first-order valence-electron chi connectivity index (χ1n) is 7.62. The van der Waals surface area contributed by atoms with Gasteiger partial charge in [0.2, 0.25) is 0 Å². The number of hydrogen-bond donors (Lipinski definition) is 1. The van der Waals surface area contributed by atoms with Gasteiger partial charge in [-0.25, -0.2) is 0 Å². The molecule has 1 fully saturated rings. The normalized spacial score (nSPS) is 20.5. The predicted octanol–water partition coefficient (Wildman–Crippen LogP) is 2.37. The Morgan fingerprint density at radius 3 is 2.44 bits per heavy atom. The van der Waals surface area contributed by atoms with Crippen LogP contribution in [0, 0.1) is 11.8 Å². The maximum absolute atomic E-state index is 5.27. The highest BCUT2D eigenvalue weighted by atomic mass is 16.5. The van der Waals surface area contributed by atoms with Gasteiger partial charge in [0.1, 0.15) is 0 Å². The zero-order valence-electron chi connectivity index (χ0n) is 12.7. The summed E-state index contributed by atoms with van der Waals surface area (Å²) in [6.07, 6.45) is 3.82. The number of piperidine rings is 1. The van der Waals surface area contributed by atoms with Gasteiger partial charge in [-0.2, -0.15) is 0 Å². The van der Waals surface area contributed by atoms with E-state index in [0.717, 1.165) is 31.5 Å². The monoisotopic (exact) mass is 256 g/mol. The third-order valence-corrected chi connectivity index (χ3v) is 4.07. The summed E-state index contributed by atoms with van der Waals surface area (Å²) in [5.74, 6) is 1.51. The zero-order valence-corrected chi connectivity index (χ0v) is 12.7. The van der Waals surface area contributed by atoms with Crippen molar-refractivity contribution in [3.8, 4) is 0 Å². The molecule has 0 aliphatic carbocycles. The molecule has 3 nitrogen and oxygen atoms in total. The van der Waals surface area contributed by atoms with Crippen LogP contribution in [0.3, 0.4) is 0 Å². The Hall–Kier alpha value is -0.120. The second kappa shape index (κ2) is 8.89. The van der Waals surface area contributed by atoms with Crippen molar-refractivity contribution in [2.45, 2.75) is 46.1 Å². The van der Waals surface area contributed by atoms with E-state index in [4.69, 9.17) is 4.74 Å². The molecule has 1 unspecified atom stereocenters. The van der Waals surface area contributed by atoms with Crippen LogP contribution in [0.5, 0.6) is 0 Å². The summed E-state index contributed by atoms with van der Waals surface area (Å²) in [5.41, 5.74) is 0. The van der Waals surface area contributed by atoms with Crippen LogP contribution in [0.1, 0.15) is 40.0 Å². The Balaban J connectivity index is 2.35. The molecule has 1 N–H and O–H groups in total. The number of ether oxygens (including phenoxy) is 1. The molecule has 1 atom stereocenters. The summed E-state index contributed by atoms with van der Waals surface area (Å²) >= 11 is 0. The summed E-state index contributed by atoms with van der Waals surface area (Å²) in [7, 11) is 1.82. The second-order valence-corrected chi connectivity index (χ2v) is 5.95. The fraction of sp³-hybridized carbons (Fsp3) is 1.00. The Morgan fingerprint density at radius 1 is 1.28 bits per heavy atom. The second-order valence-electron chi connectivity index (χ2n) is 5.95. The molecule has 0 aromatic carbocycles. The average molecular weight is 256 g/mol. The van der Waals surface area contributed by atoms with E-state index in [1.165, 1.54) is 32.4 Å². The highest BCUT2D eigenvalue weighted by Gasteiger charge is 2.26. The first kappa shape index (κ1) is 15.9. The largest absolute Gasteiger partial charge is 0.384 e. The third kappa shape index (κ3) is 5.25. The maximum Gasteiger partial charge on any atom is 0.0491 e. The minimum Gasteiger partial charge on any atom is -0.384 e. The molecule has 1 heterocycles. The van der Waals surface area contributed by atoms with E-state index in [-0.39, 0.29) is 0 Å². The van der Waals surface area contributed by atoms with Gasteiger partial charge in [-0.3, -0.25) is 4.90 Å². The van der Waals surface area contributed by atoms with Crippen LogP contribution in [0.2, 0.25) is 0 Å². The Bertz CT molecular complexity index is 201. The molecule has 0 radical (unpaired) electrons. The summed E-state index contributed by atoms with van der Waals surface area (Å²) in [4.78, 5) is 2.68. The number of nitrogens with one attached hydrogen (secondary N) is 1. The van der Waals surface area contributed by atoms with E-state index in [9.17, 15) is 0 Å². The molecule has 1 rings (SSSR count). The van der Waals surface area contributed by atoms with E-state index in [1.54, 1.807) is 0 Å². The van der Waals surface area contributed by atoms with Crippen LogP contribution in [-0.4, -0.2) is 50.8 Å². The number of methoxy groups -OCH3 is 1. The highest BCUT2D eigenvalue weighted by molar-refractivity contribution is 4.81. The minimum absolute atomic E-state index is 0.694. The van der Waals surface area contributed by atoms with Crippen molar-refractivity contribution in [1.29, 1.82) is 0 Å². The van der Waals surface area contributed by atoms with Gasteiger partial charge >= 0.3 is 0 Å². The average Bonchev–Trinajstić information content (AvgIpc) is 2.36. The lowest BCUT2D eigenvalue weighted by Crippen LogP contribution is -2.49. The minimum atomic E-state index is 0.694. The van der Waals surface area contributed by atoms with Crippen LogP contribution in [0.4, 0.5) is 0 Å². The summed E-state index contributed by atoms with van der Waals surface area (Å²) in [6.45, 7) is 12.6. The van der Waals surface area contributed by atoms with Crippen molar-refractivity contribution in [1.82, 2.24) is 10.2 Å². The van der Waals surface area contributed by atoms with Crippen molar-refractivity contribution in [2.24, 2.45) is 11.8 Å². The fourth-order valence-corrected chi connectivity index (χ4v) is 2.90. The van der Waals surface area contributed by atoms with Gasteiger partial charge in [0.25, 0.3) is 0 Å². The first-order valence-corrected chi connectivity index (χ1v) is 7.62. The topological polar surface area (TPSA) is 24.5 Å². The third-order valence-electron chi connectivity index (χ3n) is 4.07. The molecule has 1 aliphatic heterocycles. The molecule has 0 aromatic rings. The molecule has 0 bridgehead atoms. The molecule has 0 aromatic heterocycles. The van der Waals surface area contributed by atoms with Crippen LogP contribution in [-0.2, 0) is 4.74 Å². The Kier molecular flexibility index (Phi) is 7.87. The van der Waals surface area contributed by atoms with Gasteiger partial charge < -0.3 is 10.1 Å². The molecule has 3 heteroatoms.